The summed E-state index contributed by atoms with van der Waals surface area (Å²) in [7, 11) is 0. The molecular weight excluding hydrogens is 304 g/mol. The van der Waals surface area contributed by atoms with Crippen LogP contribution in [0.4, 0.5) is 16.2 Å². The van der Waals surface area contributed by atoms with Crippen LogP contribution in [-0.4, -0.2) is 15.7 Å². The number of hydrogen-bond donors (Lipinski definition) is 2. The molecule has 0 aliphatic rings. The third-order valence-corrected chi connectivity index (χ3v) is 3.63. The van der Waals surface area contributed by atoms with Crippen LogP contribution in [0.2, 0.25) is 0 Å². The number of carbonyl (C=O) groups is 1. The Balaban J connectivity index is 1.89. The zero-order valence-corrected chi connectivity index (χ0v) is 13.3. The van der Waals surface area contributed by atoms with Crippen LogP contribution >= 0.6 is 0 Å². The van der Waals surface area contributed by atoms with Gasteiger partial charge in [-0.15, -0.1) is 5.11 Å². The van der Waals surface area contributed by atoms with Crippen molar-refractivity contribution in [1.29, 1.82) is 0 Å². The monoisotopic (exact) mass is 322 g/mol. The highest BCUT2D eigenvalue weighted by molar-refractivity contribution is 5.96. The molecular formula is C18H18N4O2. The van der Waals surface area contributed by atoms with E-state index in [0.29, 0.717) is 17.9 Å². The van der Waals surface area contributed by atoms with Crippen LogP contribution in [0.3, 0.4) is 0 Å². The highest BCUT2D eigenvalue weighted by atomic mass is 16.3. The van der Waals surface area contributed by atoms with Crippen molar-refractivity contribution >= 4 is 28.3 Å². The summed E-state index contributed by atoms with van der Waals surface area (Å²) in [6.07, 6.45) is 0.872. The molecule has 1 heterocycles. The summed E-state index contributed by atoms with van der Waals surface area (Å²) in [5.41, 5.74) is 1.82. The van der Waals surface area contributed by atoms with E-state index in [0.717, 1.165) is 17.3 Å². The fraction of sp³-hybridized carbons (Fsp3) is 0.167. The van der Waals surface area contributed by atoms with E-state index >= 15 is 0 Å². The van der Waals surface area contributed by atoms with Gasteiger partial charge in [0.1, 0.15) is 0 Å². The number of fused-ring (bicyclic) bond motifs is 1. The summed E-state index contributed by atoms with van der Waals surface area (Å²) < 4.78 is 1.78. The van der Waals surface area contributed by atoms with E-state index in [9.17, 15) is 9.90 Å². The fourth-order valence-electron chi connectivity index (χ4n) is 2.59. The summed E-state index contributed by atoms with van der Waals surface area (Å²) in [6.45, 7) is 2.70. The van der Waals surface area contributed by atoms with Crippen molar-refractivity contribution in [3.63, 3.8) is 0 Å². The summed E-state index contributed by atoms with van der Waals surface area (Å²) in [5, 5.41) is 21.5. The minimum Gasteiger partial charge on any atom is -0.493 e. The zero-order chi connectivity index (χ0) is 16.9. The van der Waals surface area contributed by atoms with Crippen molar-refractivity contribution in [2.24, 2.45) is 10.2 Å². The van der Waals surface area contributed by atoms with Gasteiger partial charge in [-0.25, -0.2) is 4.79 Å². The third-order valence-electron chi connectivity index (χ3n) is 3.63. The maximum Gasteiger partial charge on any atom is 0.364 e. The average molecular weight is 322 g/mol. The lowest BCUT2D eigenvalue weighted by molar-refractivity contribution is 0.258. The Labute approximate surface area is 139 Å². The molecule has 2 N–H and O–H groups in total. The van der Waals surface area contributed by atoms with Gasteiger partial charge >= 0.3 is 6.03 Å². The van der Waals surface area contributed by atoms with Gasteiger partial charge < -0.3 is 15.0 Å². The Morgan fingerprint density at radius 3 is 2.58 bits per heavy atom. The average Bonchev–Trinajstić information content (AvgIpc) is 2.86. The first-order valence-electron chi connectivity index (χ1n) is 7.78. The summed E-state index contributed by atoms with van der Waals surface area (Å²) in [4.78, 5) is 11.9. The van der Waals surface area contributed by atoms with Crippen molar-refractivity contribution in [2.45, 2.75) is 19.9 Å². The lowest BCUT2D eigenvalue weighted by atomic mass is 10.2. The Morgan fingerprint density at radius 2 is 1.83 bits per heavy atom. The van der Waals surface area contributed by atoms with Crippen molar-refractivity contribution in [3.8, 4) is 5.88 Å². The van der Waals surface area contributed by atoms with E-state index < -0.39 is 6.03 Å². The second-order valence-corrected chi connectivity index (χ2v) is 5.34. The molecule has 0 saturated heterocycles. The second kappa shape index (κ2) is 6.95. The Bertz CT molecular complexity index is 885. The van der Waals surface area contributed by atoms with E-state index in [2.05, 4.69) is 15.5 Å². The number of urea groups is 1. The number of azo groups is 1. The van der Waals surface area contributed by atoms with Gasteiger partial charge in [-0.3, -0.25) is 0 Å². The highest BCUT2D eigenvalue weighted by Crippen LogP contribution is 2.38. The van der Waals surface area contributed by atoms with Crippen molar-refractivity contribution in [3.05, 3.63) is 54.6 Å². The molecule has 0 radical (unpaired) electrons. The number of para-hydroxylation sites is 2. The molecule has 3 aromatic rings. The van der Waals surface area contributed by atoms with Crippen molar-refractivity contribution in [2.75, 3.05) is 5.32 Å². The number of carbonyl (C=O) groups excluding carboxylic acids is 1. The third kappa shape index (κ3) is 3.12. The fourth-order valence-corrected chi connectivity index (χ4v) is 2.59. The van der Waals surface area contributed by atoms with Crippen LogP contribution < -0.4 is 5.32 Å². The first-order valence-corrected chi connectivity index (χ1v) is 7.78. The van der Waals surface area contributed by atoms with Gasteiger partial charge in [-0.2, -0.15) is 0 Å². The van der Waals surface area contributed by atoms with Gasteiger partial charge in [-0.05, 0) is 24.6 Å². The lowest BCUT2D eigenvalue weighted by Crippen LogP contribution is -2.04. The molecule has 0 fully saturated rings. The van der Waals surface area contributed by atoms with Gasteiger partial charge in [0, 0.05) is 17.6 Å². The number of aromatic nitrogens is 1. The molecule has 6 nitrogen and oxygen atoms in total. The molecule has 0 spiro atoms. The van der Waals surface area contributed by atoms with E-state index in [-0.39, 0.29) is 5.88 Å². The van der Waals surface area contributed by atoms with Gasteiger partial charge in [0.2, 0.25) is 5.88 Å². The number of rotatable bonds is 4. The van der Waals surface area contributed by atoms with E-state index in [1.54, 1.807) is 16.7 Å². The maximum absolute atomic E-state index is 11.9. The first kappa shape index (κ1) is 15.7. The maximum atomic E-state index is 11.9. The topological polar surface area (TPSA) is 79.0 Å². The lowest BCUT2D eigenvalue weighted by Gasteiger charge is -2.03. The molecule has 6 heteroatoms. The standard InChI is InChI=1S/C18H18N4O2/c1-2-12-22-15-11-7-6-10-14(15)16(17(22)23)20-21-18(24)19-13-8-4-3-5-9-13/h3-11,23H,2,12H2,1H3,(H,19,24). The van der Waals surface area contributed by atoms with Gasteiger partial charge in [0.25, 0.3) is 0 Å². The molecule has 0 saturated carbocycles. The van der Waals surface area contributed by atoms with Gasteiger partial charge in [0.05, 0.1) is 5.52 Å². The van der Waals surface area contributed by atoms with Crippen LogP contribution in [-0.2, 0) is 6.54 Å². The molecule has 24 heavy (non-hydrogen) atoms. The van der Waals surface area contributed by atoms with Crippen LogP contribution in [0.1, 0.15) is 13.3 Å². The number of nitrogens with zero attached hydrogens (tertiary/aromatic N) is 3. The van der Waals surface area contributed by atoms with E-state index in [1.807, 2.05) is 49.4 Å². The van der Waals surface area contributed by atoms with Crippen LogP contribution in [0, 0.1) is 0 Å². The molecule has 0 bridgehead atoms. The predicted molar refractivity (Wildman–Crippen MR) is 93.9 cm³/mol. The van der Waals surface area contributed by atoms with Gasteiger partial charge in [0.15, 0.2) is 5.69 Å². The molecule has 0 atom stereocenters. The molecule has 122 valence electrons. The SMILES string of the molecule is CCCn1c(O)c(N=NC(=O)Nc2ccccc2)c2ccccc21. The highest BCUT2D eigenvalue weighted by Gasteiger charge is 2.16. The number of aryl methyl sites for hydroxylation is 1. The molecule has 0 unspecified atom stereocenters. The first-order chi connectivity index (χ1) is 11.7. The second-order valence-electron chi connectivity index (χ2n) is 5.34. The van der Waals surface area contributed by atoms with Crippen molar-refractivity contribution in [1.82, 2.24) is 4.57 Å². The number of amides is 2. The van der Waals surface area contributed by atoms with Crippen LogP contribution in [0.5, 0.6) is 5.88 Å². The number of hydrogen-bond acceptors (Lipinski definition) is 3. The molecule has 0 aliphatic carbocycles. The number of aromatic hydroxyl groups is 1. The van der Waals surface area contributed by atoms with Crippen LogP contribution in [0.25, 0.3) is 10.9 Å². The van der Waals surface area contributed by atoms with E-state index in [4.69, 9.17) is 0 Å². The molecule has 1 aromatic heterocycles. The summed E-state index contributed by atoms with van der Waals surface area (Å²) >= 11 is 0. The van der Waals surface area contributed by atoms with Crippen LogP contribution in [0.15, 0.2) is 64.8 Å². The minimum atomic E-state index is -0.590. The van der Waals surface area contributed by atoms with E-state index in [1.165, 1.54) is 0 Å². The molecule has 2 amide bonds. The Hall–Kier alpha value is -3.15. The minimum absolute atomic E-state index is 0.0225. The quantitative estimate of drug-likeness (QED) is 0.657. The molecule has 3 rings (SSSR count). The number of anilines is 1. The zero-order valence-electron chi connectivity index (χ0n) is 13.3. The molecule has 2 aromatic carbocycles. The Morgan fingerprint density at radius 1 is 1.12 bits per heavy atom. The number of nitrogens with one attached hydrogen (secondary N) is 1. The van der Waals surface area contributed by atoms with Gasteiger partial charge in [-0.1, -0.05) is 48.4 Å². The smallest absolute Gasteiger partial charge is 0.364 e. The Kier molecular flexibility index (Phi) is 4.56. The van der Waals surface area contributed by atoms with Crippen molar-refractivity contribution < 1.29 is 9.90 Å². The summed E-state index contributed by atoms with van der Waals surface area (Å²) in [6, 6.07) is 16.0. The predicted octanol–water partition coefficient (Wildman–Crippen LogP) is 5.07. The summed E-state index contributed by atoms with van der Waals surface area (Å²) in [5.74, 6) is 0.0225. The normalized spacial score (nSPS) is 11.2. The molecule has 0 aliphatic heterocycles. The largest absolute Gasteiger partial charge is 0.493 e. The number of benzene rings is 2.